The average molecular weight is 409 g/mol. The Bertz CT molecular complexity index is 670. The van der Waals surface area contributed by atoms with Crippen LogP contribution < -0.4 is 5.32 Å². The molecule has 6 nitrogen and oxygen atoms in total. The van der Waals surface area contributed by atoms with Crippen molar-refractivity contribution in [1.29, 1.82) is 0 Å². The summed E-state index contributed by atoms with van der Waals surface area (Å²) in [5.74, 6) is 0.680. The van der Waals surface area contributed by atoms with Gasteiger partial charge in [-0.15, -0.1) is 0 Å². The number of rotatable bonds is 9. The van der Waals surface area contributed by atoms with E-state index < -0.39 is 12.0 Å². The molecule has 1 fully saturated rings. The number of nitrogens with one attached hydrogen (secondary N) is 1. The van der Waals surface area contributed by atoms with Crippen LogP contribution in [0.4, 0.5) is 0 Å². The number of amides is 1. The molecule has 1 unspecified atom stereocenters. The zero-order valence-corrected chi connectivity index (χ0v) is 17.7. The summed E-state index contributed by atoms with van der Waals surface area (Å²) in [6, 6.07) is 6.64. The van der Waals surface area contributed by atoms with Crippen LogP contribution in [0.25, 0.3) is 0 Å². The van der Waals surface area contributed by atoms with Gasteiger partial charge in [-0.05, 0) is 60.9 Å². The Morgan fingerprint density at radius 3 is 2.75 bits per heavy atom. The molecule has 1 aliphatic heterocycles. The quantitative estimate of drug-likeness (QED) is 0.582. The van der Waals surface area contributed by atoms with Gasteiger partial charge in [-0.2, -0.15) is 11.8 Å². The van der Waals surface area contributed by atoms with E-state index in [1.807, 2.05) is 18.4 Å². The summed E-state index contributed by atoms with van der Waals surface area (Å²) in [6.45, 7) is 5.91. The molecule has 156 valence electrons. The summed E-state index contributed by atoms with van der Waals surface area (Å²) in [5.41, 5.74) is 1.06. The highest BCUT2D eigenvalue weighted by Crippen LogP contribution is 2.39. The largest absolute Gasteiger partial charge is 0.508 e. The SMILES string of the molecule is CSCC[C@H](NC(=O)CCN1CC[C@@H](C)[C@@H](C)C1c1cccc(O)c1)C(=O)O. The predicted molar refractivity (Wildman–Crippen MR) is 113 cm³/mol. The van der Waals surface area contributed by atoms with Gasteiger partial charge in [0, 0.05) is 19.0 Å². The molecule has 0 radical (unpaired) electrons. The number of phenolic OH excluding ortho intramolecular Hbond substituents is 1. The molecule has 7 heteroatoms. The second kappa shape index (κ2) is 10.7. The first-order valence-electron chi connectivity index (χ1n) is 9.87. The molecule has 0 bridgehead atoms. The second-order valence-electron chi connectivity index (χ2n) is 7.69. The molecule has 0 spiro atoms. The number of carboxylic acid groups (broad SMARTS) is 1. The maximum Gasteiger partial charge on any atom is 0.326 e. The van der Waals surface area contributed by atoms with E-state index in [0.29, 0.717) is 30.6 Å². The number of aromatic hydroxyl groups is 1. The van der Waals surface area contributed by atoms with Crippen LogP contribution in [-0.2, 0) is 9.59 Å². The van der Waals surface area contributed by atoms with Crippen molar-refractivity contribution in [2.75, 3.05) is 25.1 Å². The van der Waals surface area contributed by atoms with E-state index in [0.717, 1.165) is 18.5 Å². The van der Waals surface area contributed by atoms with Crippen molar-refractivity contribution in [2.24, 2.45) is 11.8 Å². The Kier molecular flexibility index (Phi) is 8.63. The first-order chi connectivity index (χ1) is 13.3. The average Bonchev–Trinajstić information content (AvgIpc) is 2.65. The van der Waals surface area contributed by atoms with Gasteiger partial charge in [-0.1, -0.05) is 26.0 Å². The summed E-state index contributed by atoms with van der Waals surface area (Å²) >= 11 is 1.57. The lowest BCUT2D eigenvalue weighted by atomic mass is 9.79. The van der Waals surface area contributed by atoms with Crippen molar-refractivity contribution in [3.8, 4) is 5.75 Å². The van der Waals surface area contributed by atoms with Gasteiger partial charge in [-0.3, -0.25) is 9.69 Å². The van der Waals surface area contributed by atoms with Crippen LogP contribution in [0, 0.1) is 11.8 Å². The third kappa shape index (κ3) is 6.14. The zero-order valence-electron chi connectivity index (χ0n) is 16.9. The highest BCUT2D eigenvalue weighted by Gasteiger charge is 2.34. The van der Waals surface area contributed by atoms with Gasteiger partial charge in [0.15, 0.2) is 0 Å². The summed E-state index contributed by atoms with van der Waals surface area (Å²) in [5, 5.41) is 21.8. The van der Waals surface area contributed by atoms with Crippen molar-refractivity contribution in [2.45, 2.75) is 45.2 Å². The number of phenols is 1. The minimum Gasteiger partial charge on any atom is -0.508 e. The van der Waals surface area contributed by atoms with Crippen LogP contribution in [0.15, 0.2) is 24.3 Å². The van der Waals surface area contributed by atoms with E-state index in [1.165, 1.54) is 0 Å². The summed E-state index contributed by atoms with van der Waals surface area (Å²) in [7, 11) is 0. The normalized spacial score (nSPS) is 23.9. The van der Waals surface area contributed by atoms with E-state index >= 15 is 0 Å². The summed E-state index contributed by atoms with van der Waals surface area (Å²) in [4.78, 5) is 26.0. The molecule has 1 heterocycles. The van der Waals surface area contributed by atoms with Crippen LogP contribution in [0.1, 0.15) is 44.7 Å². The third-order valence-electron chi connectivity index (χ3n) is 5.74. The molecule has 28 heavy (non-hydrogen) atoms. The number of hydrogen-bond donors (Lipinski definition) is 3. The van der Waals surface area contributed by atoms with Crippen LogP contribution in [0.3, 0.4) is 0 Å². The molecule has 0 aliphatic carbocycles. The Morgan fingerprint density at radius 2 is 2.11 bits per heavy atom. The minimum absolute atomic E-state index is 0.135. The summed E-state index contributed by atoms with van der Waals surface area (Å²) in [6.07, 6.45) is 3.66. The van der Waals surface area contributed by atoms with Crippen LogP contribution in [0.2, 0.25) is 0 Å². The first-order valence-corrected chi connectivity index (χ1v) is 11.3. The third-order valence-corrected chi connectivity index (χ3v) is 6.39. The van der Waals surface area contributed by atoms with Gasteiger partial charge in [-0.25, -0.2) is 4.79 Å². The molecule has 0 aromatic heterocycles. The van der Waals surface area contributed by atoms with Crippen LogP contribution >= 0.6 is 11.8 Å². The fourth-order valence-corrected chi connectivity index (χ4v) is 4.37. The molecular weight excluding hydrogens is 376 g/mol. The molecular formula is C21H32N2O4S. The molecule has 1 aromatic carbocycles. The maximum atomic E-state index is 12.4. The molecule has 1 aromatic rings. The number of piperidine rings is 1. The number of hydrogen-bond acceptors (Lipinski definition) is 5. The summed E-state index contributed by atoms with van der Waals surface area (Å²) < 4.78 is 0. The Labute approximate surface area is 171 Å². The second-order valence-corrected chi connectivity index (χ2v) is 8.68. The van der Waals surface area contributed by atoms with Crippen molar-refractivity contribution >= 4 is 23.6 Å². The van der Waals surface area contributed by atoms with Crippen LogP contribution in [0.5, 0.6) is 5.75 Å². The minimum atomic E-state index is -0.986. The van der Waals surface area contributed by atoms with E-state index in [4.69, 9.17) is 0 Å². The number of likely N-dealkylation sites (tertiary alicyclic amines) is 1. The van der Waals surface area contributed by atoms with Crippen molar-refractivity contribution in [3.05, 3.63) is 29.8 Å². The molecule has 0 saturated carbocycles. The molecule has 2 rings (SSSR count). The van der Waals surface area contributed by atoms with Crippen LogP contribution in [-0.4, -0.2) is 58.1 Å². The molecule has 4 atom stereocenters. The van der Waals surface area contributed by atoms with Crippen molar-refractivity contribution < 1.29 is 19.8 Å². The molecule has 1 amide bonds. The van der Waals surface area contributed by atoms with Gasteiger partial charge in [0.25, 0.3) is 0 Å². The van der Waals surface area contributed by atoms with Gasteiger partial charge in [0.2, 0.25) is 5.91 Å². The number of carboxylic acids is 1. The lowest BCUT2D eigenvalue weighted by Gasteiger charge is -2.43. The predicted octanol–water partition coefficient (Wildman–Crippen LogP) is 3.12. The van der Waals surface area contributed by atoms with E-state index in [2.05, 4.69) is 24.1 Å². The zero-order chi connectivity index (χ0) is 20.7. The number of carbonyl (C=O) groups is 2. The number of aliphatic carboxylic acids is 1. The van der Waals surface area contributed by atoms with E-state index in [9.17, 15) is 19.8 Å². The monoisotopic (exact) mass is 408 g/mol. The number of benzene rings is 1. The van der Waals surface area contributed by atoms with Crippen molar-refractivity contribution in [1.82, 2.24) is 10.2 Å². The fourth-order valence-electron chi connectivity index (χ4n) is 3.89. The Morgan fingerprint density at radius 1 is 1.36 bits per heavy atom. The Hall–Kier alpha value is -1.73. The molecule has 1 saturated heterocycles. The molecule has 3 N–H and O–H groups in total. The fraction of sp³-hybridized carbons (Fsp3) is 0.619. The number of carbonyl (C=O) groups excluding carboxylic acids is 1. The highest BCUT2D eigenvalue weighted by molar-refractivity contribution is 7.98. The standard InChI is InChI=1S/C21H32N2O4S/c1-14-7-10-23(20(15(14)2)16-5-4-6-17(24)13-16)11-8-19(25)22-18(21(26)27)9-12-28-3/h4-6,13-15,18,20,24H,7-12H2,1-3H3,(H,22,25)(H,26,27)/t14-,15-,18+,20?/m1/s1. The first kappa shape index (κ1) is 22.6. The van der Waals surface area contributed by atoms with Crippen molar-refractivity contribution in [3.63, 3.8) is 0 Å². The maximum absolute atomic E-state index is 12.4. The Balaban J connectivity index is 2.02. The number of thioether (sulfide) groups is 1. The van der Waals surface area contributed by atoms with Gasteiger partial charge < -0.3 is 15.5 Å². The molecule has 1 aliphatic rings. The lowest BCUT2D eigenvalue weighted by molar-refractivity contribution is -0.142. The topological polar surface area (TPSA) is 89.9 Å². The number of nitrogens with zero attached hydrogens (tertiary/aromatic N) is 1. The van der Waals surface area contributed by atoms with Gasteiger partial charge >= 0.3 is 5.97 Å². The van der Waals surface area contributed by atoms with Gasteiger partial charge in [0.05, 0.1) is 0 Å². The highest BCUT2D eigenvalue weighted by atomic mass is 32.2. The van der Waals surface area contributed by atoms with E-state index in [1.54, 1.807) is 23.9 Å². The lowest BCUT2D eigenvalue weighted by Crippen LogP contribution is -2.45. The van der Waals surface area contributed by atoms with Gasteiger partial charge in [0.1, 0.15) is 11.8 Å². The smallest absolute Gasteiger partial charge is 0.326 e. The van der Waals surface area contributed by atoms with E-state index in [-0.39, 0.29) is 24.1 Å².